The summed E-state index contributed by atoms with van der Waals surface area (Å²) >= 11 is 0. The molecule has 0 spiro atoms. The average molecular weight is 259 g/mol. The zero-order valence-corrected chi connectivity index (χ0v) is 10.7. The number of rotatable bonds is 4. The molecule has 0 aliphatic carbocycles. The predicted molar refractivity (Wildman–Crippen MR) is 62.0 cm³/mol. The summed E-state index contributed by atoms with van der Waals surface area (Å²) < 4.78 is 13.6. The van der Waals surface area contributed by atoms with Crippen molar-refractivity contribution in [2.75, 3.05) is 19.9 Å². The van der Waals surface area contributed by atoms with Crippen LogP contribution in [0.3, 0.4) is 0 Å². The van der Waals surface area contributed by atoms with Crippen LogP contribution in [0.2, 0.25) is 0 Å². The molecule has 1 rings (SSSR count). The van der Waals surface area contributed by atoms with Gasteiger partial charge in [-0.15, -0.1) is 0 Å². The number of nitrogens with zero attached hydrogens (tertiary/aromatic N) is 1. The summed E-state index contributed by atoms with van der Waals surface area (Å²) in [5.74, 6) is -0.688. The van der Waals surface area contributed by atoms with Crippen LogP contribution in [0.4, 0.5) is 0 Å². The summed E-state index contributed by atoms with van der Waals surface area (Å²) in [6, 6.07) is 0. The fourth-order valence-corrected chi connectivity index (χ4v) is 0.875. The molecule has 7 heteroatoms. The Kier molecular flexibility index (Phi) is 8.17. The van der Waals surface area contributed by atoms with E-state index < -0.39 is 18.7 Å². The van der Waals surface area contributed by atoms with E-state index in [0.717, 1.165) is 19.0 Å². The van der Waals surface area contributed by atoms with Gasteiger partial charge in [-0.05, 0) is 6.92 Å². The van der Waals surface area contributed by atoms with Crippen molar-refractivity contribution in [1.29, 1.82) is 0 Å². The number of aliphatic imine (C=N–C) groups is 1. The summed E-state index contributed by atoms with van der Waals surface area (Å²) in [4.78, 5) is 35.0. The maximum atomic E-state index is 10.6. The van der Waals surface area contributed by atoms with E-state index in [-0.39, 0.29) is 12.2 Å². The Morgan fingerprint density at radius 2 is 1.94 bits per heavy atom. The quantitative estimate of drug-likeness (QED) is 0.414. The number of carbonyl (C=O) groups excluding carboxylic acids is 3. The molecule has 1 aliphatic rings. The molecule has 1 heterocycles. The van der Waals surface area contributed by atoms with E-state index in [1.165, 1.54) is 13.8 Å². The van der Waals surface area contributed by atoms with E-state index in [2.05, 4.69) is 14.5 Å². The molecule has 0 amide bonds. The highest BCUT2D eigenvalue weighted by molar-refractivity contribution is 5.94. The van der Waals surface area contributed by atoms with Crippen molar-refractivity contribution in [3.63, 3.8) is 0 Å². The number of Topliss-reactive ketones (excluding diaryl/α,β-unsaturated/α-hetero) is 1. The Labute approximate surface area is 105 Å². The van der Waals surface area contributed by atoms with E-state index in [1.807, 2.05) is 6.92 Å². The third-order valence-electron chi connectivity index (χ3n) is 1.61. The second-order valence-corrected chi connectivity index (χ2v) is 3.40. The Morgan fingerprint density at radius 3 is 2.28 bits per heavy atom. The van der Waals surface area contributed by atoms with Crippen molar-refractivity contribution >= 4 is 23.6 Å². The molecule has 0 fully saturated rings. The van der Waals surface area contributed by atoms with Gasteiger partial charge in [-0.3, -0.25) is 19.4 Å². The lowest BCUT2D eigenvalue weighted by molar-refractivity contribution is -0.165. The molecule has 0 aromatic carbocycles. The first-order chi connectivity index (χ1) is 8.41. The topological polar surface area (TPSA) is 91.3 Å². The van der Waals surface area contributed by atoms with Crippen LogP contribution in [0.5, 0.6) is 0 Å². The first-order valence-electron chi connectivity index (χ1n) is 5.34. The van der Waals surface area contributed by atoms with Crippen LogP contribution in [0.25, 0.3) is 0 Å². The summed E-state index contributed by atoms with van der Waals surface area (Å²) in [5.41, 5.74) is 0. The van der Waals surface area contributed by atoms with Crippen molar-refractivity contribution in [1.82, 2.24) is 0 Å². The molecule has 0 aromatic heterocycles. The summed E-state index contributed by atoms with van der Waals surface area (Å²) in [6.45, 7) is 5.54. The van der Waals surface area contributed by atoms with E-state index in [4.69, 9.17) is 4.74 Å². The molecule has 0 bridgehead atoms. The van der Waals surface area contributed by atoms with Crippen molar-refractivity contribution in [2.24, 2.45) is 4.99 Å². The SMILES string of the molecule is CC(=O)CC(=O)OCOC(C)=O.CC1=NCCO1. The van der Waals surface area contributed by atoms with Gasteiger partial charge in [-0.1, -0.05) is 0 Å². The highest BCUT2D eigenvalue weighted by atomic mass is 16.7. The molecular formula is C11H17NO6. The number of hydrogen-bond donors (Lipinski definition) is 0. The van der Waals surface area contributed by atoms with Crippen molar-refractivity contribution in [3.8, 4) is 0 Å². The minimum atomic E-state index is -0.691. The van der Waals surface area contributed by atoms with Crippen molar-refractivity contribution in [2.45, 2.75) is 27.2 Å². The monoisotopic (exact) mass is 259 g/mol. The fourth-order valence-electron chi connectivity index (χ4n) is 0.875. The van der Waals surface area contributed by atoms with Crippen LogP contribution in [-0.2, 0) is 28.6 Å². The molecule has 0 N–H and O–H groups in total. The first-order valence-corrected chi connectivity index (χ1v) is 5.34. The second kappa shape index (κ2) is 9.15. The number of ether oxygens (including phenoxy) is 3. The summed E-state index contributed by atoms with van der Waals surface area (Å²) in [6.07, 6.45) is -0.290. The van der Waals surface area contributed by atoms with Gasteiger partial charge in [0.05, 0.1) is 6.54 Å². The van der Waals surface area contributed by atoms with Gasteiger partial charge >= 0.3 is 11.9 Å². The van der Waals surface area contributed by atoms with Gasteiger partial charge in [0.2, 0.25) is 6.79 Å². The largest absolute Gasteiger partial charge is 0.479 e. The van der Waals surface area contributed by atoms with E-state index in [9.17, 15) is 14.4 Å². The molecular weight excluding hydrogens is 242 g/mol. The first kappa shape index (κ1) is 16.1. The van der Waals surface area contributed by atoms with Crippen molar-refractivity contribution in [3.05, 3.63) is 0 Å². The Bertz CT molecular complexity index is 336. The third-order valence-corrected chi connectivity index (χ3v) is 1.61. The lowest BCUT2D eigenvalue weighted by Gasteiger charge is -2.02. The van der Waals surface area contributed by atoms with Crippen LogP contribution in [-0.4, -0.2) is 43.6 Å². The minimum absolute atomic E-state index is 0.289. The maximum absolute atomic E-state index is 10.6. The highest BCUT2D eigenvalue weighted by Gasteiger charge is 2.06. The van der Waals surface area contributed by atoms with Gasteiger partial charge in [0.1, 0.15) is 18.8 Å². The zero-order chi connectivity index (χ0) is 14.0. The number of carbonyl (C=O) groups is 3. The summed E-state index contributed by atoms with van der Waals surface area (Å²) in [5, 5.41) is 0. The van der Waals surface area contributed by atoms with Gasteiger partial charge in [0.15, 0.2) is 5.90 Å². The molecule has 0 radical (unpaired) electrons. The van der Waals surface area contributed by atoms with Gasteiger partial charge < -0.3 is 14.2 Å². The number of esters is 2. The molecule has 0 atom stereocenters. The van der Waals surface area contributed by atoms with Crippen LogP contribution in [0.15, 0.2) is 4.99 Å². The normalized spacial score (nSPS) is 12.5. The van der Waals surface area contributed by atoms with Gasteiger partial charge in [0.25, 0.3) is 0 Å². The van der Waals surface area contributed by atoms with E-state index >= 15 is 0 Å². The molecule has 0 saturated carbocycles. The fraction of sp³-hybridized carbons (Fsp3) is 0.636. The van der Waals surface area contributed by atoms with Crippen LogP contribution >= 0.6 is 0 Å². The Morgan fingerprint density at radius 1 is 1.28 bits per heavy atom. The Hall–Kier alpha value is -1.92. The predicted octanol–water partition coefficient (Wildman–Crippen LogP) is 0.464. The summed E-state index contributed by atoms with van der Waals surface area (Å²) in [7, 11) is 0. The second-order valence-electron chi connectivity index (χ2n) is 3.40. The third kappa shape index (κ3) is 10.6. The number of hydrogen-bond acceptors (Lipinski definition) is 7. The molecule has 7 nitrogen and oxygen atoms in total. The van der Waals surface area contributed by atoms with Crippen LogP contribution in [0.1, 0.15) is 27.2 Å². The molecule has 18 heavy (non-hydrogen) atoms. The Balaban J connectivity index is 0.000000397. The van der Waals surface area contributed by atoms with Gasteiger partial charge in [-0.25, -0.2) is 0 Å². The van der Waals surface area contributed by atoms with Crippen LogP contribution in [0, 0.1) is 0 Å². The van der Waals surface area contributed by atoms with Gasteiger partial charge in [-0.2, -0.15) is 0 Å². The van der Waals surface area contributed by atoms with E-state index in [1.54, 1.807) is 0 Å². The maximum Gasteiger partial charge on any atom is 0.316 e. The molecule has 0 aromatic rings. The molecule has 0 unspecified atom stereocenters. The van der Waals surface area contributed by atoms with E-state index in [0.29, 0.717) is 0 Å². The van der Waals surface area contributed by atoms with Gasteiger partial charge in [0, 0.05) is 13.8 Å². The van der Waals surface area contributed by atoms with Crippen molar-refractivity contribution < 1.29 is 28.6 Å². The smallest absolute Gasteiger partial charge is 0.316 e. The number of ketones is 1. The highest BCUT2D eigenvalue weighted by Crippen LogP contribution is 1.90. The average Bonchev–Trinajstić information content (AvgIpc) is 2.68. The van der Waals surface area contributed by atoms with Crippen LogP contribution < -0.4 is 0 Å². The lowest BCUT2D eigenvalue weighted by atomic mass is 10.3. The minimum Gasteiger partial charge on any atom is -0.479 e. The molecule has 0 saturated heterocycles. The molecule has 102 valence electrons. The standard InChI is InChI=1S/C7H10O5.C4H7NO/c1-5(8)3-7(10)12-4-11-6(2)9;1-4-5-2-3-6-4/h3-4H2,1-2H3;2-3H2,1H3. The lowest BCUT2D eigenvalue weighted by Crippen LogP contribution is -2.12. The zero-order valence-electron chi connectivity index (χ0n) is 10.7. The molecule has 1 aliphatic heterocycles.